The van der Waals surface area contributed by atoms with Crippen LogP contribution in [0.5, 0.6) is 0 Å². The molecule has 2 aliphatic rings. The SMILES string of the molecule is CSc1cccc2c1N(C)[C@H]1CCN(C)C[C@@H]21. The molecule has 0 aliphatic carbocycles. The summed E-state index contributed by atoms with van der Waals surface area (Å²) in [5.41, 5.74) is 3.06. The summed E-state index contributed by atoms with van der Waals surface area (Å²) in [5, 5.41) is 0. The quantitative estimate of drug-likeness (QED) is 0.706. The number of likely N-dealkylation sites (tertiary alicyclic amines) is 1. The molecule has 0 N–H and O–H groups in total. The highest BCUT2D eigenvalue weighted by molar-refractivity contribution is 7.98. The molecule has 1 aromatic carbocycles. The summed E-state index contributed by atoms with van der Waals surface area (Å²) in [4.78, 5) is 6.43. The number of piperidine rings is 1. The Balaban J connectivity index is 2.06. The Bertz CT molecular complexity index is 432. The molecule has 1 saturated heterocycles. The van der Waals surface area contributed by atoms with Gasteiger partial charge in [0.1, 0.15) is 0 Å². The van der Waals surface area contributed by atoms with Crippen molar-refractivity contribution in [2.24, 2.45) is 0 Å². The Morgan fingerprint density at radius 3 is 2.88 bits per heavy atom. The number of para-hydroxylation sites is 1. The van der Waals surface area contributed by atoms with E-state index >= 15 is 0 Å². The van der Waals surface area contributed by atoms with E-state index in [1.54, 1.807) is 5.56 Å². The summed E-state index contributed by atoms with van der Waals surface area (Å²) < 4.78 is 0. The van der Waals surface area contributed by atoms with Crippen molar-refractivity contribution in [2.45, 2.75) is 23.3 Å². The molecule has 0 spiro atoms. The predicted molar refractivity (Wildman–Crippen MR) is 75.3 cm³/mol. The van der Waals surface area contributed by atoms with E-state index in [4.69, 9.17) is 0 Å². The Kier molecular flexibility index (Phi) is 2.83. The topological polar surface area (TPSA) is 6.48 Å². The molecule has 17 heavy (non-hydrogen) atoms. The lowest BCUT2D eigenvalue weighted by atomic mass is 9.89. The molecule has 3 heteroatoms. The smallest absolute Gasteiger partial charge is 0.0541 e. The molecule has 0 radical (unpaired) electrons. The fourth-order valence-electron chi connectivity index (χ4n) is 3.42. The standard InChI is InChI=1S/C14H20N2S/c1-15-8-7-12-11(9-15)10-5-4-6-13(17-3)14(10)16(12)2/h4-6,11-12H,7-9H2,1-3H3/t11-,12-/m0/s1. The first-order chi connectivity index (χ1) is 8.22. The molecule has 1 aromatic rings. The van der Waals surface area contributed by atoms with Gasteiger partial charge >= 0.3 is 0 Å². The van der Waals surface area contributed by atoms with E-state index in [2.05, 4.69) is 48.4 Å². The van der Waals surface area contributed by atoms with Crippen molar-refractivity contribution < 1.29 is 0 Å². The molecule has 92 valence electrons. The van der Waals surface area contributed by atoms with Crippen molar-refractivity contribution in [3.63, 3.8) is 0 Å². The second-order valence-corrected chi connectivity index (χ2v) is 6.08. The van der Waals surface area contributed by atoms with Gasteiger partial charge in [0.2, 0.25) is 0 Å². The summed E-state index contributed by atoms with van der Waals surface area (Å²) in [7, 11) is 4.52. The second kappa shape index (κ2) is 4.21. The molecule has 0 unspecified atom stereocenters. The molecular formula is C14H20N2S. The summed E-state index contributed by atoms with van der Waals surface area (Å²) in [5.74, 6) is 0.709. The number of fused-ring (bicyclic) bond motifs is 3. The van der Waals surface area contributed by atoms with E-state index < -0.39 is 0 Å². The molecule has 0 aromatic heterocycles. The first-order valence-electron chi connectivity index (χ1n) is 6.30. The predicted octanol–water partition coefficient (Wildman–Crippen LogP) is 2.65. The number of likely N-dealkylation sites (N-methyl/N-ethyl adjacent to an activating group) is 2. The van der Waals surface area contributed by atoms with Gasteiger partial charge in [-0.05, 0) is 37.9 Å². The van der Waals surface area contributed by atoms with Crippen LogP contribution in [0.15, 0.2) is 23.1 Å². The van der Waals surface area contributed by atoms with Crippen molar-refractivity contribution in [3.8, 4) is 0 Å². The van der Waals surface area contributed by atoms with E-state index in [0.717, 1.165) is 6.04 Å². The Morgan fingerprint density at radius 2 is 2.12 bits per heavy atom. The average Bonchev–Trinajstić information content (AvgIpc) is 2.63. The van der Waals surface area contributed by atoms with Gasteiger partial charge in [0, 0.05) is 30.4 Å². The summed E-state index contributed by atoms with van der Waals surface area (Å²) in [6.07, 6.45) is 3.47. The monoisotopic (exact) mass is 248 g/mol. The molecule has 0 bridgehead atoms. The fraction of sp³-hybridized carbons (Fsp3) is 0.571. The van der Waals surface area contributed by atoms with E-state index in [-0.39, 0.29) is 0 Å². The Morgan fingerprint density at radius 1 is 1.29 bits per heavy atom. The van der Waals surface area contributed by atoms with Crippen LogP contribution in [0.1, 0.15) is 17.9 Å². The van der Waals surface area contributed by atoms with Crippen molar-refractivity contribution in [2.75, 3.05) is 38.3 Å². The number of nitrogens with zero attached hydrogens (tertiary/aromatic N) is 2. The van der Waals surface area contributed by atoms with Gasteiger partial charge in [0.05, 0.1) is 5.69 Å². The van der Waals surface area contributed by atoms with E-state index in [0.29, 0.717) is 5.92 Å². The van der Waals surface area contributed by atoms with Crippen LogP contribution < -0.4 is 4.90 Å². The molecule has 2 heterocycles. The molecule has 2 atom stereocenters. The highest BCUT2D eigenvalue weighted by Gasteiger charge is 2.40. The van der Waals surface area contributed by atoms with Gasteiger partial charge in [-0.2, -0.15) is 0 Å². The van der Waals surface area contributed by atoms with Gasteiger partial charge in [0.25, 0.3) is 0 Å². The van der Waals surface area contributed by atoms with Crippen LogP contribution in [0.2, 0.25) is 0 Å². The van der Waals surface area contributed by atoms with Gasteiger partial charge < -0.3 is 9.80 Å². The third-order valence-electron chi connectivity index (χ3n) is 4.28. The average molecular weight is 248 g/mol. The van der Waals surface area contributed by atoms with Crippen LogP contribution in [0.4, 0.5) is 5.69 Å². The van der Waals surface area contributed by atoms with Gasteiger partial charge in [-0.15, -0.1) is 11.8 Å². The number of thioether (sulfide) groups is 1. The minimum absolute atomic E-state index is 0.709. The van der Waals surface area contributed by atoms with E-state index in [1.165, 1.54) is 30.1 Å². The molecule has 1 fully saturated rings. The van der Waals surface area contributed by atoms with Crippen LogP contribution in [-0.4, -0.2) is 44.4 Å². The zero-order chi connectivity index (χ0) is 12.0. The highest BCUT2D eigenvalue weighted by atomic mass is 32.2. The molecule has 2 aliphatic heterocycles. The van der Waals surface area contributed by atoms with Crippen molar-refractivity contribution >= 4 is 17.4 Å². The lowest BCUT2D eigenvalue weighted by molar-refractivity contribution is 0.234. The maximum absolute atomic E-state index is 2.53. The summed E-state index contributed by atoms with van der Waals surface area (Å²) in [6.45, 7) is 2.44. The van der Waals surface area contributed by atoms with E-state index in [1.807, 2.05) is 11.8 Å². The number of rotatable bonds is 1. The van der Waals surface area contributed by atoms with Crippen LogP contribution in [0.3, 0.4) is 0 Å². The second-order valence-electron chi connectivity index (χ2n) is 5.23. The molecule has 0 amide bonds. The van der Waals surface area contributed by atoms with Crippen LogP contribution in [-0.2, 0) is 0 Å². The Hall–Kier alpha value is -0.670. The summed E-state index contributed by atoms with van der Waals surface area (Å²) >= 11 is 1.87. The van der Waals surface area contributed by atoms with Crippen LogP contribution >= 0.6 is 11.8 Å². The number of hydrogen-bond acceptors (Lipinski definition) is 3. The van der Waals surface area contributed by atoms with Crippen molar-refractivity contribution in [1.29, 1.82) is 0 Å². The van der Waals surface area contributed by atoms with Crippen LogP contribution in [0, 0.1) is 0 Å². The molecule has 3 rings (SSSR count). The molecule has 0 saturated carbocycles. The largest absolute Gasteiger partial charge is 0.370 e. The van der Waals surface area contributed by atoms with Gasteiger partial charge in [-0.25, -0.2) is 0 Å². The molecular weight excluding hydrogens is 228 g/mol. The van der Waals surface area contributed by atoms with Crippen molar-refractivity contribution in [1.82, 2.24) is 4.90 Å². The number of benzene rings is 1. The maximum atomic E-state index is 2.53. The van der Waals surface area contributed by atoms with Crippen LogP contribution in [0.25, 0.3) is 0 Å². The first kappa shape index (κ1) is 11.4. The number of hydrogen-bond donors (Lipinski definition) is 0. The third kappa shape index (κ3) is 1.67. The van der Waals surface area contributed by atoms with E-state index in [9.17, 15) is 0 Å². The Labute approximate surface area is 108 Å². The zero-order valence-electron chi connectivity index (χ0n) is 10.8. The third-order valence-corrected chi connectivity index (χ3v) is 5.05. The summed E-state index contributed by atoms with van der Waals surface area (Å²) in [6, 6.07) is 7.51. The van der Waals surface area contributed by atoms with Gasteiger partial charge in [-0.1, -0.05) is 12.1 Å². The lowest BCUT2D eigenvalue weighted by Crippen LogP contribution is -2.43. The zero-order valence-corrected chi connectivity index (χ0v) is 11.6. The van der Waals surface area contributed by atoms with Gasteiger partial charge in [-0.3, -0.25) is 0 Å². The lowest BCUT2D eigenvalue weighted by Gasteiger charge is -2.35. The fourth-order valence-corrected chi connectivity index (χ4v) is 4.09. The minimum atomic E-state index is 0.709. The molecule has 2 nitrogen and oxygen atoms in total. The highest BCUT2D eigenvalue weighted by Crippen LogP contribution is 2.47. The number of anilines is 1. The van der Waals surface area contributed by atoms with Gasteiger partial charge in [0.15, 0.2) is 0 Å². The first-order valence-corrected chi connectivity index (χ1v) is 7.53. The minimum Gasteiger partial charge on any atom is -0.370 e. The van der Waals surface area contributed by atoms with Crippen molar-refractivity contribution in [3.05, 3.63) is 23.8 Å². The normalized spacial score (nSPS) is 28.1. The maximum Gasteiger partial charge on any atom is 0.0541 e.